The Bertz CT molecular complexity index is 128. The summed E-state index contributed by atoms with van der Waals surface area (Å²) in [6, 6.07) is 0. The van der Waals surface area contributed by atoms with Crippen LogP contribution in [0.5, 0.6) is 0 Å². The summed E-state index contributed by atoms with van der Waals surface area (Å²) >= 11 is 0. The summed E-state index contributed by atoms with van der Waals surface area (Å²) in [5.74, 6) is 0. The number of nitrogens with two attached hydrogens (primary N) is 1. The Labute approximate surface area is 73.7 Å². The highest BCUT2D eigenvalue weighted by Crippen LogP contribution is 1.92. The highest BCUT2D eigenvalue weighted by molar-refractivity contribution is 5.67. The van der Waals surface area contributed by atoms with Gasteiger partial charge in [-0.15, -0.1) is 0 Å². The fraction of sp³-hybridized carbons (Fsp3) is 0.875. The summed E-state index contributed by atoms with van der Waals surface area (Å²) < 4.78 is 4.93. The van der Waals surface area contributed by atoms with Crippen LogP contribution in [-0.4, -0.2) is 37.7 Å². The van der Waals surface area contributed by atoms with Crippen molar-refractivity contribution in [1.29, 1.82) is 0 Å². The molecule has 0 unspecified atom stereocenters. The van der Waals surface area contributed by atoms with Crippen LogP contribution in [0.15, 0.2) is 0 Å². The first-order chi connectivity index (χ1) is 5.72. The Hall–Kier alpha value is -0.770. The van der Waals surface area contributed by atoms with Gasteiger partial charge in [-0.25, -0.2) is 4.79 Å². The van der Waals surface area contributed by atoms with Crippen molar-refractivity contribution in [3.8, 4) is 0 Å². The zero-order valence-electron chi connectivity index (χ0n) is 7.88. The fourth-order valence-electron chi connectivity index (χ4n) is 0.699. The second kappa shape index (κ2) is 6.91. The van der Waals surface area contributed by atoms with Gasteiger partial charge in [-0.3, -0.25) is 0 Å². The average molecular weight is 174 g/mol. The number of hydrogen-bond donors (Lipinski definition) is 1. The van der Waals surface area contributed by atoms with E-state index >= 15 is 0 Å². The highest BCUT2D eigenvalue weighted by Gasteiger charge is 2.07. The van der Waals surface area contributed by atoms with Crippen molar-refractivity contribution >= 4 is 6.09 Å². The number of ether oxygens (including phenoxy) is 1. The van der Waals surface area contributed by atoms with Crippen LogP contribution in [0.1, 0.15) is 19.8 Å². The van der Waals surface area contributed by atoms with Gasteiger partial charge in [-0.2, -0.15) is 0 Å². The van der Waals surface area contributed by atoms with Gasteiger partial charge in [-0.05, 0) is 6.42 Å². The lowest BCUT2D eigenvalue weighted by molar-refractivity contribution is 0.110. The molecule has 1 amide bonds. The smallest absolute Gasteiger partial charge is 0.409 e. The molecule has 0 bridgehead atoms. The average Bonchev–Trinajstić information content (AvgIpc) is 2.05. The van der Waals surface area contributed by atoms with Crippen molar-refractivity contribution in [2.45, 2.75) is 19.8 Å². The van der Waals surface area contributed by atoms with Crippen LogP contribution in [0.3, 0.4) is 0 Å². The van der Waals surface area contributed by atoms with Crippen molar-refractivity contribution in [3.05, 3.63) is 0 Å². The normalized spacial score (nSPS) is 9.58. The molecule has 0 saturated heterocycles. The fourth-order valence-corrected chi connectivity index (χ4v) is 0.699. The lowest BCUT2D eigenvalue weighted by atomic mass is 10.4. The van der Waals surface area contributed by atoms with Gasteiger partial charge >= 0.3 is 6.09 Å². The number of hydrogen-bond acceptors (Lipinski definition) is 3. The van der Waals surface area contributed by atoms with E-state index in [0.29, 0.717) is 19.7 Å². The number of rotatable bonds is 5. The molecule has 0 aromatic heterocycles. The summed E-state index contributed by atoms with van der Waals surface area (Å²) in [5.41, 5.74) is 5.27. The third-order valence-electron chi connectivity index (χ3n) is 1.50. The van der Waals surface area contributed by atoms with E-state index in [0.717, 1.165) is 12.8 Å². The Morgan fingerprint density at radius 1 is 1.58 bits per heavy atom. The molecule has 0 aromatic rings. The number of nitrogens with zero attached hydrogens (tertiary/aromatic N) is 1. The summed E-state index contributed by atoms with van der Waals surface area (Å²) in [5, 5.41) is 0. The lowest BCUT2D eigenvalue weighted by Crippen LogP contribution is -2.32. The van der Waals surface area contributed by atoms with Crippen LogP contribution in [0, 0.1) is 0 Å². The van der Waals surface area contributed by atoms with Gasteiger partial charge in [0.15, 0.2) is 0 Å². The first kappa shape index (κ1) is 11.2. The molecule has 4 heteroatoms. The maximum absolute atomic E-state index is 11.1. The number of carbonyl (C=O) groups is 1. The van der Waals surface area contributed by atoms with E-state index in [9.17, 15) is 4.79 Å². The second-order valence-corrected chi connectivity index (χ2v) is 2.68. The molecule has 0 rings (SSSR count). The monoisotopic (exact) mass is 174 g/mol. The molecular weight excluding hydrogens is 156 g/mol. The minimum absolute atomic E-state index is 0.283. The number of likely N-dealkylation sites (N-methyl/N-ethyl adjacent to an activating group) is 1. The SMILES string of the molecule is CCCCOC(=O)N(C)CCN. The lowest BCUT2D eigenvalue weighted by Gasteiger charge is -2.15. The molecule has 4 nitrogen and oxygen atoms in total. The van der Waals surface area contributed by atoms with E-state index in [-0.39, 0.29) is 6.09 Å². The molecule has 0 aliphatic carbocycles. The van der Waals surface area contributed by atoms with Gasteiger partial charge in [0, 0.05) is 20.1 Å². The van der Waals surface area contributed by atoms with Crippen molar-refractivity contribution in [3.63, 3.8) is 0 Å². The number of carbonyl (C=O) groups excluding carboxylic acids is 1. The molecule has 0 spiro atoms. The van der Waals surface area contributed by atoms with Crippen LogP contribution in [-0.2, 0) is 4.74 Å². The number of amides is 1. The van der Waals surface area contributed by atoms with E-state index in [1.807, 2.05) is 0 Å². The van der Waals surface area contributed by atoms with Gasteiger partial charge in [-0.1, -0.05) is 13.3 Å². The maximum Gasteiger partial charge on any atom is 0.409 e. The molecule has 0 heterocycles. The molecule has 72 valence electrons. The quantitative estimate of drug-likeness (QED) is 0.628. The Morgan fingerprint density at radius 2 is 2.25 bits per heavy atom. The maximum atomic E-state index is 11.1. The van der Waals surface area contributed by atoms with E-state index in [2.05, 4.69) is 6.92 Å². The van der Waals surface area contributed by atoms with Crippen molar-refractivity contribution in [2.75, 3.05) is 26.7 Å². The first-order valence-electron chi connectivity index (χ1n) is 4.30. The van der Waals surface area contributed by atoms with Gasteiger partial charge in [0.05, 0.1) is 6.61 Å². The molecule has 12 heavy (non-hydrogen) atoms. The van der Waals surface area contributed by atoms with Gasteiger partial charge < -0.3 is 15.4 Å². The predicted octanol–water partition coefficient (Wildman–Crippen LogP) is 0.814. The van der Waals surface area contributed by atoms with Crippen molar-refractivity contribution in [1.82, 2.24) is 4.90 Å². The van der Waals surface area contributed by atoms with Crippen molar-refractivity contribution in [2.24, 2.45) is 5.73 Å². The largest absolute Gasteiger partial charge is 0.449 e. The van der Waals surface area contributed by atoms with Crippen LogP contribution in [0.4, 0.5) is 4.79 Å². The molecular formula is C8H18N2O2. The van der Waals surface area contributed by atoms with Crippen LogP contribution in [0.25, 0.3) is 0 Å². The minimum Gasteiger partial charge on any atom is -0.449 e. The second-order valence-electron chi connectivity index (χ2n) is 2.68. The Balaban J connectivity index is 3.43. The summed E-state index contributed by atoms with van der Waals surface area (Å²) in [6.07, 6.45) is 1.67. The Morgan fingerprint density at radius 3 is 2.75 bits per heavy atom. The van der Waals surface area contributed by atoms with Gasteiger partial charge in [0.25, 0.3) is 0 Å². The van der Waals surface area contributed by atoms with Gasteiger partial charge in [0.1, 0.15) is 0 Å². The van der Waals surface area contributed by atoms with Crippen LogP contribution < -0.4 is 5.73 Å². The molecule has 0 radical (unpaired) electrons. The van der Waals surface area contributed by atoms with E-state index in [4.69, 9.17) is 10.5 Å². The predicted molar refractivity (Wildman–Crippen MR) is 47.9 cm³/mol. The topological polar surface area (TPSA) is 55.6 Å². The van der Waals surface area contributed by atoms with Crippen LogP contribution in [0.2, 0.25) is 0 Å². The summed E-state index contributed by atoms with van der Waals surface area (Å²) in [7, 11) is 1.68. The van der Waals surface area contributed by atoms with Crippen molar-refractivity contribution < 1.29 is 9.53 Å². The summed E-state index contributed by atoms with van der Waals surface area (Å²) in [6.45, 7) is 3.58. The molecule has 0 aromatic carbocycles. The van der Waals surface area contributed by atoms with E-state index < -0.39 is 0 Å². The Kier molecular flexibility index (Phi) is 6.47. The zero-order valence-corrected chi connectivity index (χ0v) is 7.88. The van der Waals surface area contributed by atoms with E-state index in [1.165, 1.54) is 4.90 Å². The molecule has 0 saturated carbocycles. The zero-order chi connectivity index (χ0) is 9.40. The molecule has 0 aliphatic heterocycles. The number of unbranched alkanes of at least 4 members (excludes halogenated alkanes) is 1. The van der Waals surface area contributed by atoms with Gasteiger partial charge in [0.2, 0.25) is 0 Å². The van der Waals surface area contributed by atoms with E-state index in [1.54, 1.807) is 7.05 Å². The third kappa shape index (κ3) is 4.96. The first-order valence-corrected chi connectivity index (χ1v) is 4.30. The molecule has 0 atom stereocenters. The highest BCUT2D eigenvalue weighted by atomic mass is 16.6. The minimum atomic E-state index is -0.283. The van der Waals surface area contributed by atoms with Crippen LogP contribution >= 0.6 is 0 Å². The summed E-state index contributed by atoms with van der Waals surface area (Å²) in [4.78, 5) is 12.5. The standard InChI is InChI=1S/C8H18N2O2/c1-3-4-7-12-8(11)10(2)6-5-9/h3-7,9H2,1-2H3. The molecule has 2 N–H and O–H groups in total. The molecule has 0 aliphatic rings. The third-order valence-corrected chi connectivity index (χ3v) is 1.50. The molecule has 0 fully saturated rings.